The van der Waals surface area contributed by atoms with Gasteiger partial charge in [-0.15, -0.1) is 0 Å². The van der Waals surface area contributed by atoms with E-state index in [1.165, 1.54) is 18.2 Å². The first-order valence-electron chi connectivity index (χ1n) is 6.62. The van der Waals surface area contributed by atoms with Gasteiger partial charge in [-0.1, -0.05) is 23.7 Å². The molecule has 0 atom stereocenters. The van der Waals surface area contributed by atoms with E-state index in [2.05, 4.69) is 4.72 Å². The summed E-state index contributed by atoms with van der Waals surface area (Å²) in [7, 11) is -3.98. The van der Waals surface area contributed by atoms with Crippen molar-refractivity contribution in [1.82, 2.24) is 4.72 Å². The molecule has 0 aliphatic heterocycles. The van der Waals surface area contributed by atoms with Crippen molar-refractivity contribution in [3.63, 3.8) is 0 Å². The highest BCUT2D eigenvalue weighted by Crippen LogP contribution is 2.30. The lowest BCUT2D eigenvalue weighted by Gasteiger charge is -2.11. The fraction of sp³-hybridized carbons (Fsp3) is 0.200. The molecule has 2 rings (SSSR count). The fourth-order valence-corrected chi connectivity index (χ4v) is 3.14. The summed E-state index contributed by atoms with van der Waals surface area (Å²) in [5.41, 5.74) is -0.661. The smallest absolute Gasteiger partial charge is 0.207 e. The van der Waals surface area contributed by atoms with Crippen LogP contribution in [-0.4, -0.2) is 8.42 Å². The summed E-state index contributed by atoms with van der Waals surface area (Å²) in [4.78, 5) is -0.120. The van der Waals surface area contributed by atoms with Crippen LogP contribution in [0.25, 0.3) is 0 Å². The molecule has 0 aromatic heterocycles. The van der Waals surface area contributed by atoms with Crippen LogP contribution in [0.5, 0.6) is 0 Å². The van der Waals surface area contributed by atoms with Gasteiger partial charge in [-0.25, -0.2) is 17.5 Å². The average molecular weight is 382 g/mol. The molecular formula is C15H12ClF4NO2S. The summed E-state index contributed by atoms with van der Waals surface area (Å²) in [5, 5.41) is 0.249. The third kappa shape index (κ3) is 4.25. The molecule has 0 fully saturated rings. The molecular weight excluding hydrogens is 370 g/mol. The fourth-order valence-electron chi connectivity index (χ4n) is 1.86. The molecule has 0 unspecified atom stereocenters. The van der Waals surface area contributed by atoms with Gasteiger partial charge in [0.05, 0.1) is 10.5 Å². The van der Waals surface area contributed by atoms with E-state index in [0.717, 1.165) is 6.07 Å². The van der Waals surface area contributed by atoms with E-state index < -0.39 is 34.1 Å². The number of benzene rings is 2. The molecule has 24 heavy (non-hydrogen) atoms. The molecule has 1 N–H and O–H groups in total. The maximum atomic E-state index is 13.7. The van der Waals surface area contributed by atoms with Gasteiger partial charge < -0.3 is 0 Å². The topological polar surface area (TPSA) is 46.2 Å². The van der Waals surface area contributed by atoms with E-state index in [1.807, 2.05) is 0 Å². The molecule has 9 heteroatoms. The zero-order chi connectivity index (χ0) is 18.1. The van der Waals surface area contributed by atoms with Gasteiger partial charge in [0, 0.05) is 17.1 Å². The Balaban J connectivity index is 2.19. The Labute approximate surface area is 141 Å². The maximum absolute atomic E-state index is 13.7. The molecule has 130 valence electrons. The third-order valence-corrected chi connectivity index (χ3v) is 5.09. The van der Waals surface area contributed by atoms with Gasteiger partial charge in [-0.2, -0.15) is 13.2 Å². The van der Waals surface area contributed by atoms with Crippen LogP contribution in [0.1, 0.15) is 16.7 Å². The first-order valence-corrected chi connectivity index (χ1v) is 8.48. The summed E-state index contributed by atoms with van der Waals surface area (Å²) in [5.74, 6) is -1.14. The van der Waals surface area contributed by atoms with Gasteiger partial charge >= 0.3 is 6.18 Å². The van der Waals surface area contributed by atoms with E-state index in [1.54, 1.807) is 6.92 Å². The summed E-state index contributed by atoms with van der Waals surface area (Å²) in [6.07, 6.45) is -4.67. The quantitative estimate of drug-likeness (QED) is 0.803. The highest BCUT2D eigenvalue weighted by Gasteiger charge is 2.31. The zero-order valence-electron chi connectivity index (χ0n) is 12.3. The first kappa shape index (κ1) is 18.7. The molecule has 0 saturated heterocycles. The lowest BCUT2D eigenvalue weighted by Crippen LogP contribution is -2.24. The van der Waals surface area contributed by atoms with Crippen molar-refractivity contribution in [3.05, 3.63) is 63.9 Å². The van der Waals surface area contributed by atoms with Crippen molar-refractivity contribution in [3.8, 4) is 0 Å². The van der Waals surface area contributed by atoms with E-state index >= 15 is 0 Å². The van der Waals surface area contributed by atoms with Gasteiger partial charge in [0.2, 0.25) is 10.0 Å². The molecule has 2 aromatic carbocycles. The molecule has 0 bridgehead atoms. The largest absolute Gasteiger partial charge is 0.416 e. The minimum atomic E-state index is -4.67. The van der Waals surface area contributed by atoms with Crippen molar-refractivity contribution < 1.29 is 26.0 Å². The van der Waals surface area contributed by atoms with Crippen LogP contribution >= 0.6 is 11.6 Å². The SMILES string of the molecule is Cc1ccc(S(=O)(=O)NCc2ccc(C(F)(F)F)cc2F)cc1Cl. The van der Waals surface area contributed by atoms with Gasteiger partial charge in [0.25, 0.3) is 0 Å². The van der Waals surface area contributed by atoms with E-state index in [4.69, 9.17) is 11.6 Å². The number of alkyl halides is 3. The van der Waals surface area contributed by atoms with Crippen molar-refractivity contribution in [1.29, 1.82) is 0 Å². The third-order valence-electron chi connectivity index (χ3n) is 3.29. The van der Waals surface area contributed by atoms with Gasteiger partial charge in [0.15, 0.2) is 0 Å². The summed E-state index contributed by atoms with van der Waals surface area (Å²) in [6, 6.07) is 5.98. The molecule has 0 saturated carbocycles. The molecule has 3 nitrogen and oxygen atoms in total. The number of nitrogens with one attached hydrogen (secondary N) is 1. The van der Waals surface area contributed by atoms with Crippen LogP contribution < -0.4 is 4.72 Å². The van der Waals surface area contributed by atoms with Gasteiger partial charge in [-0.05, 0) is 36.8 Å². The van der Waals surface area contributed by atoms with Crippen LogP contribution in [-0.2, 0) is 22.7 Å². The minimum Gasteiger partial charge on any atom is -0.207 e. The number of halogens is 5. The Morgan fingerprint density at radius 1 is 1.12 bits per heavy atom. The number of sulfonamides is 1. The van der Waals surface area contributed by atoms with Crippen molar-refractivity contribution in [2.24, 2.45) is 0 Å². The van der Waals surface area contributed by atoms with Crippen LogP contribution in [0, 0.1) is 12.7 Å². The monoisotopic (exact) mass is 381 g/mol. The molecule has 0 spiro atoms. The maximum Gasteiger partial charge on any atom is 0.416 e. The highest BCUT2D eigenvalue weighted by atomic mass is 35.5. The second-order valence-corrected chi connectivity index (χ2v) is 7.21. The predicted octanol–water partition coefficient (Wildman–Crippen LogP) is 4.28. The van der Waals surface area contributed by atoms with E-state index in [9.17, 15) is 26.0 Å². The minimum absolute atomic E-state index is 0.120. The van der Waals surface area contributed by atoms with Crippen LogP contribution in [0.4, 0.5) is 17.6 Å². The number of hydrogen-bond acceptors (Lipinski definition) is 2. The Hall–Kier alpha value is -1.64. The lowest BCUT2D eigenvalue weighted by molar-refractivity contribution is -0.137. The number of hydrogen-bond donors (Lipinski definition) is 1. The summed E-state index contributed by atoms with van der Waals surface area (Å²) in [6.45, 7) is 1.21. The normalized spacial score (nSPS) is 12.4. The Kier molecular flexibility index (Phi) is 5.22. The average Bonchev–Trinajstić information content (AvgIpc) is 2.47. The summed E-state index contributed by atoms with van der Waals surface area (Å²) < 4.78 is 77.5. The van der Waals surface area contributed by atoms with Crippen molar-refractivity contribution in [2.45, 2.75) is 24.5 Å². The van der Waals surface area contributed by atoms with Crippen LogP contribution in [0.2, 0.25) is 5.02 Å². The molecule has 0 aliphatic rings. The Morgan fingerprint density at radius 2 is 1.79 bits per heavy atom. The van der Waals surface area contributed by atoms with Crippen LogP contribution in [0.3, 0.4) is 0 Å². The Bertz CT molecular complexity index is 866. The van der Waals surface area contributed by atoms with Crippen molar-refractivity contribution in [2.75, 3.05) is 0 Å². The second kappa shape index (κ2) is 6.70. The first-order chi connectivity index (χ1) is 11.0. The van der Waals surface area contributed by atoms with E-state index in [0.29, 0.717) is 17.7 Å². The summed E-state index contributed by atoms with van der Waals surface area (Å²) >= 11 is 5.86. The highest BCUT2D eigenvalue weighted by molar-refractivity contribution is 7.89. The van der Waals surface area contributed by atoms with Gasteiger partial charge in [0.1, 0.15) is 5.82 Å². The van der Waals surface area contributed by atoms with Crippen LogP contribution in [0.15, 0.2) is 41.3 Å². The number of aryl methyl sites for hydroxylation is 1. The predicted molar refractivity (Wildman–Crippen MR) is 81.6 cm³/mol. The van der Waals surface area contributed by atoms with E-state index in [-0.39, 0.29) is 15.5 Å². The Morgan fingerprint density at radius 3 is 2.33 bits per heavy atom. The lowest BCUT2D eigenvalue weighted by atomic mass is 10.1. The van der Waals surface area contributed by atoms with Crippen molar-refractivity contribution >= 4 is 21.6 Å². The molecule has 0 radical (unpaired) electrons. The second-order valence-electron chi connectivity index (χ2n) is 5.04. The molecule has 0 heterocycles. The standard InChI is InChI=1S/C15H12ClF4NO2S/c1-9-2-5-12(7-13(9)16)24(22,23)21-8-10-3-4-11(6-14(10)17)15(18,19)20/h2-7,21H,8H2,1H3. The number of rotatable bonds is 4. The molecule has 0 amide bonds. The molecule has 2 aromatic rings. The molecule has 0 aliphatic carbocycles. The zero-order valence-corrected chi connectivity index (χ0v) is 13.9. The van der Waals surface area contributed by atoms with Gasteiger partial charge in [-0.3, -0.25) is 0 Å².